The Labute approximate surface area is 118 Å². The van der Waals surface area contributed by atoms with Crippen LogP contribution in [-0.4, -0.2) is 64.6 Å². The Morgan fingerprint density at radius 3 is 2.65 bits per heavy atom. The minimum atomic E-state index is -1.28. The molecule has 0 spiro atoms. The summed E-state index contributed by atoms with van der Waals surface area (Å²) in [7, 11) is 0. The van der Waals surface area contributed by atoms with Gasteiger partial charge in [-0.3, -0.25) is 0 Å². The molecule has 1 aliphatic rings. The van der Waals surface area contributed by atoms with Gasteiger partial charge < -0.3 is 25.2 Å². The zero-order chi connectivity index (χ0) is 15.3. The van der Waals surface area contributed by atoms with Crippen LogP contribution in [0.15, 0.2) is 0 Å². The van der Waals surface area contributed by atoms with E-state index < -0.39 is 23.6 Å². The summed E-state index contributed by atoms with van der Waals surface area (Å²) in [5.41, 5.74) is -1.28. The van der Waals surface area contributed by atoms with Crippen molar-refractivity contribution in [2.75, 3.05) is 19.8 Å². The lowest BCUT2D eigenvalue weighted by Crippen LogP contribution is -2.61. The number of carbonyl (C=O) groups is 2. The van der Waals surface area contributed by atoms with Crippen LogP contribution >= 0.6 is 0 Å². The number of morpholine rings is 1. The zero-order valence-electron chi connectivity index (χ0n) is 12.3. The van der Waals surface area contributed by atoms with E-state index in [0.717, 1.165) is 0 Å². The first-order chi connectivity index (χ1) is 9.34. The summed E-state index contributed by atoms with van der Waals surface area (Å²) in [5, 5.41) is 21.0. The van der Waals surface area contributed by atoms with E-state index in [2.05, 4.69) is 5.32 Å². The van der Waals surface area contributed by atoms with E-state index in [-0.39, 0.29) is 19.2 Å². The molecule has 0 aromatic heterocycles. The third-order valence-corrected chi connectivity index (χ3v) is 3.57. The lowest BCUT2D eigenvalue weighted by molar-refractivity contribution is -0.144. The highest BCUT2D eigenvalue weighted by molar-refractivity contribution is 5.86. The van der Waals surface area contributed by atoms with Gasteiger partial charge >= 0.3 is 12.0 Å². The van der Waals surface area contributed by atoms with Crippen LogP contribution in [0.2, 0.25) is 0 Å². The van der Waals surface area contributed by atoms with Gasteiger partial charge in [0.2, 0.25) is 0 Å². The lowest BCUT2D eigenvalue weighted by Gasteiger charge is -2.39. The van der Waals surface area contributed by atoms with Crippen LogP contribution < -0.4 is 5.32 Å². The maximum Gasteiger partial charge on any atom is 0.329 e. The van der Waals surface area contributed by atoms with Crippen LogP contribution in [0.5, 0.6) is 0 Å². The van der Waals surface area contributed by atoms with Crippen LogP contribution in [0.4, 0.5) is 4.79 Å². The number of aliphatic hydroxyl groups excluding tert-OH is 1. The van der Waals surface area contributed by atoms with Gasteiger partial charge in [-0.05, 0) is 20.3 Å². The summed E-state index contributed by atoms with van der Waals surface area (Å²) in [6.45, 7) is 5.62. The average Bonchev–Trinajstić information content (AvgIpc) is 2.39. The van der Waals surface area contributed by atoms with Gasteiger partial charge in [-0.2, -0.15) is 0 Å². The second-order valence-electron chi connectivity index (χ2n) is 5.46. The van der Waals surface area contributed by atoms with Crippen molar-refractivity contribution in [3.05, 3.63) is 0 Å². The van der Waals surface area contributed by atoms with E-state index in [4.69, 9.17) is 9.84 Å². The fourth-order valence-corrected chi connectivity index (χ4v) is 2.24. The highest BCUT2D eigenvalue weighted by Crippen LogP contribution is 2.16. The van der Waals surface area contributed by atoms with Crippen molar-refractivity contribution < 1.29 is 24.5 Å². The standard InChI is InChI=1S/C13H24N2O5/c1-4-5-13(3,11(17)18)14-12(19)15-6-10(7-16)20-8-9(15)2/h9-10,16H,4-8H2,1-3H3,(H,14,19)(H,17,18). The molecule has 1 heterocycles. The summed E-state index contributed by atoms with van der Waals surface area (Å²) in [5.74, 6) is -1.05. The topological polar surface area (TPSA) is 99.1 Å². The van der Waals surface area contributed by atoms with Gasteiger partial charge in [-0.25, -0.2) is 9.59 Å². The summed E-state index contributed by atoms with van der Waals surface area (Å²) < 4.78 is 5.36. The number of carbonyl (C=O) groups excluding carboxylic acids is 1. The summed E-state index contributed by atoms with van der Waals surface area (Å²) in [6, 6.07) is -0.588. The lowest BCUT2D eigenvalue weighted by atomic mass is 9.96. The Balaban J connectivity index is 2.74. The fourth-order valence-electron chi connectivity index (χ4n) is 2.24. The molecule has 0 radical (unpaired) electrons. The number of rotatable bonds is 5. The van der Waals surface area contributed by atoms with E-state index >= 15 is 0 Å². The van der Waals surface area contributed by atoms with E-state index in [0.29, 0.717) is 19.4 Å². The number of aliphatic carboxylic acids is 1. The molecule has 1 fully saturated rings. The molecule has 3 N–H and O–H groups in total. The molecule has 1 saturated heterocycles. The average molecular weight is 288 g/mol. The fraction of sp³-hybridized carbons (Fsp3) is 0.846. The molecule has 7 heteroatoms. The SMILES string of the molecule is CCCC(C)(NC(=O)N1CC(CO)OCC1C)C(=O)O. The first kappa shape index (κ1) is 16.7. The molecule has 20 heavy (non-hydrogen) atoms. The Morgan fingerprint density at radius 2 is 2.15 bits per heavy atom. The molecular formula is C13H24N2O5. The molecule has 3 atom stereocenters. The van der Waals surface area contributed by atoms with E-state index in [1.54, 1.807) is 0 Å². The van der Waals surface area contributed by atoms with E-state index in [9.17, 15) is 14.7 Å². The minimum Gasteiger partial charge on any atom is -0.480 e. The van der Waals surface area contributed by atoms with Crippen molar-refractivity contribution >= 4 is 12.0 Å². The second-order valence-corrected chi connectivity index (χ2v) is 5.46. The Bertz CT molecular complexity index is 363. The monoisotopic (exact) mass is 288 g/mol. The quantitative estimate of drug-likeness (QED) is 0.681. The molecular weight excluding hydrogens is 264 g/mol. The maximum atomic E-state index is 12.3. The van der Waals surface area contributed by atoms with E-state index in [1.807, 2.05) is 13.8 Å². The van der Waals surface area contributed by atoms with Crippen molar-refractivity contribution in [2.45, 2.75) is 51.3 Å². The van der Waals surface area contributed by atoms with Crippen molar-refractivity contribution in [1.82, 2.24) is 10.2 Å². The largest absolute Gasteiger partial charge is 0.480 e. The van der Waals surface area contributed by atoms with Crippen LogP contribution in [0.3, 0.4) is 0 Å². The molecule has 0 saturated carbocycles. The molecule has 0 bridgehead atoms. The molecule has 0 aromatic carbocycles. The Hall–Kier alpha value is -1.34. The number of aliphatic hydroxyl groups is 1. The normalized spacial score (nSPS) is 25.9. The molecule has 0 aliphatic carbocycles. The van der Waals surface area contributed by atoms with Crippen LogP contribution in [-0.2, 0) is 9.53 Å². The zero-order valence-corrected chi connectivity index (χ0v) is 12.3. The van der Waals surface area contributed by atoms with Crippen molar-refractivity contribution in [3.63, 3.8) is 0 Å². The Morgan fingerprint density at radius 1 is 1.50 bits per heavy atom. The summed E-state index contributed by atoms with van der Waals surface area (Å²) in [4.78, 5) is 25.1. The molecule has 7 nitrogen and oxygen atoms in total. The van der Waals surface area contributed by atoms with E-state index in [1.165, 1.54) is 11.8 Å². The highest BCUT2D eigenvalue weighted by atomic mass is 16.5. The van der Waals surface area contributed by atoms with Gasteiger partial charge in [0, 0.05) is 0 Å². The third kappa shape index (κ3) is 3.83. The molecule has 3 unspecified atom stereocenters. The number of carboxylic acids is 1. The van der Waals surface area contributed by atoms with Crippen LogP contribution in [0.1, 0.15) is 33.6 Å². The molecule has 2 amide bonds. The maximum absolute atomic E-state index is 12.3. The first-order valence-corrected chi connectivity index (χ1v) is 6.88. The predicted octanol–water partition coefficient (Wildman–Crippen LogP) is 0.421. The Kier molecular flexibility index (Phi) is 5.76. The van der Waals surface area contributed by atoms with Gasteiger partial charge in [-0.1, -0.05) is 13.3 Å². The molecule has 0 aromatic rings. The summed E-state index contributed by atoms with van der Waals surface area (Å²) >= 11 is 0. The van der Waals surface area contributed by atoms with Gasteiger partial charge in [0.25, 0.3) is 0 Å². The summed E-state index contributed by atoms with van der Waals surface area (Å²) in [6.07, 6.45) is 0.594. The number of hydrogen-bond donors (Lipinski definition) is 3. The number of hydrogen-bond acceptors (Lipinski definition) is 4. The van der Waals surface area contributed by atoms with Crippen molar-refractivity contribution in [3.8, 4) is 0 Å². The molecule has 116 valence electrons. The number of nitrogens with zero attached hydrogens (tertiary/aromatic N) is 1. The van der Waals surface area contributed by atoms with Gasteiger partial charge in [0.05, 0.1) is 31.9 Å². The van der Waals surface area contributed by atoms with Gasteiger partial charge in [0.15, 0.2) is 0 Å². The molecule has 1 rings (SSSR count). The number of amides is 2. The smallest absolute Gasteiger partial charge is 0.329 e. The second kappa shape index (κ2) is 6.90. The van der Waals surface area contributed by atoms with Gasteiger partial charge in [0.1, 0.15) is 5.54 Å². The minimum absolute atomic E-state index is 0.155. The number of carboxylic acid groups (broad SMARTS) is 1. The highest BCUT2D eigenvalue weighted by Gasteiger charge is 2.37. The molecule has 1 aliphatic heterocycles. The van der Waals surface area contributed by atoms with Crippen LogP contribution in [0, 0.1) is 0 Å². The van der Waals surface area contributed by atoms with Crippen molar-refractivity contribution in [1.29, 1.82) is 0 Å². The van der Waals surface area contributed by atoms with Gasteiger partial charge in [-0.15, -0.1) is 0 Å². The number of urea groups is 1. The van der Waals surface area contributed by atoms with Crippen molar-refractivity contribution in [2.24, 2.45) is 0 Å². The first-order valence-electron chi connectivity index (χ1n) is 6.88. The van der Waals surface area contributed by atoms with Crippen LogP contribution in [0.25, 0.3) is 0 Å². The third-order valence-electron chi connectivity index (χ3n) is 3.57. The number of nitrogens with one attached hydrogen (secondary N) is 1. The predicted molar refractivity (Wildman–Crippen MR) is 72.5 cm³/mol. The number of ether oxygens (including phenoxy) is 1.